The van der Waals surface area contributed by atoms with E-state index in [2.05, 4.69) is 29.0 Å². The number of nitrogens with one attached hydrogen (secondary N) is 1. The molecular formula is C16H25ClN4O2. The molecule has 1 heterocycles. The number of piperazine rings is 1. The third kappa shape index (κ3) is 4.56. The molecule has 23 heavy (non-hydrogen) atoms. The summed E-state index contributed by atoms with van der Waals surface area (Å²) in [5.41, 5.74) is 1.62. The number of benzene rings is 1. The molecule has 1 N–H and O–H groups in total. The molecule has 1 atom stereocenters. The number of likely N-dealkylation sites (N-methyl/N-ethyl adjacent to an activating group) is 1. The number of hydrogen-bond acceptors (Lipinski definition) is 5. The van der Waals surface area contributed by atoms with Gasteiger partial charge in [0.05, 0.1) is 15.6 Å². The Labute approximate surface area is 142 Å². The van der Waals surface area contributed by atoms with Crippen LogP contribution in [0, 0.1) is 17.0 Å². The lowest BCUT2D eigenvalue weighted by Gasteiger charge is -2.37. The lowest BCUT2D eigenvalue weighted by Crippen LogP contribution is -2.51. The molecule has 1 fully saturated rings. The Morgan fingerprint density at radius 2 is 2.00 bits per heavy atom. The average molecular weight is 341 g/mol. The fraction of sp³-hybridized carbons (Fsp3) is 0.625. The lowest BCUT2D eigenvalue weighted by molar-refractivity contribution is -0.384. The topological polar surface area (TPSA) is 61.6 Å². The van der Waals surface area contributed by atoms with Crippen molar-refractivity contribution >= 4 is 23.0 Å². The van der Waals surface area contributed by atoms with Crippen molar-refractivity contribution in [3.8, 4) is 0 Å². The molecule has 0 aliphatic carbocycles. The van der Waals surface area contributed by atoms with Crippen LogP contribution in [0.5, 0.6) is 0 Å². The first kappa shape index (κ1) is 18.0. The number of nitro groups is 1. The van der Waals surface area contributed by atoms with Gasteiger partial charge in [-0.05, 0) is 26.0 Å². The Kier molecular flexibility index (Phi) is 6.21. The summed E-state index contributed by atoms with van der Waals surface area (Å²) in [7, 11) is 0. The monoisotopic (exact) mass is 340 g/mol. The molecule has 0 spiro atoms. The zero-order valence-electron chi connectivity index (χ0n) is 14.0. The molecule has 6 nitrogen and oxygen atoms in total. The highest BCUT2D eigenvalue weighted by Gasteiger charge is 2.20. The molecule has 0 bridgehead atoms. The van der Waals surface area contributed by atoms with Gasteiger partial charge < -0.3 is 10.2 Å². The van der Waals surface area contributed by atoms with Crippen LogP contribution in [0.1, 0.15) is 19.4 Å². The summed E-state index contributed by atoms with van der Waals surface area (Å²) in [5, 5.41) is 14.6. The Hall–Kier alpha value is -1.37. The van der Waals surface area contributed by atoms with E-state index < -0.39 is 4.92 Å². The second-order valence-electron chi connectivity index (χ2n) is 6.08. The van der Waals surface area contributed by atoms with Crippen molar-refractivity contribution in [2.45, 2.75) is 26.8 Å². The summed E-state index contributed by atoms with van der Waals surface area (Å²) >= 11 is 6.20. The number of hydrogen-bond donors (Lipinski definition) is 1. The van der Waals surface area contributed by atoms with Gasteiger partial charge in [0.25, 0.3) is 5.69 Å². The van der Waals surface area contributed by atoms with Crippen LogP contribution in [0.2, 0.25) is 5.02 Å². The van der Waals surface area contributed by atoms with Crippen LogP contribution in [-0.4, -0.2) is 60.0 Å². The highest BCUT2D eigenvalue weighted by Crippen LogP contribution is 2.30. The van der Waals surface area contributed by atoms with Crippen molar-refractivity contribution in [1.29, 1.82) is 0 Å². The molecule has 1 saturated heterocycles. The van der Waals surface area contributed by atoms with Crippen molar-refractivity contribution in [2.24, 2.45) is 0 Å². The van der Waals surface area contributed by atoms with Crippen LogP contribution in [0.4, 0.5) is 11.4 Å². The molecule has 0 aromatic heterocycles. The smallest absolute Gasteiger partial charge is 0.271 e. The quantitative estimate of drug-likeness (QED) is 0.637. The molecule has 2 rings (SSSR count). The van der Waals surface area contributed by atoms with Crippen LogP contribution in [0.15, 0.2) is 12.1 Å². The van der Waals surface area contributed by atoms with Crippen molar-refractivity contribution in [3.05, 3.63) is 32.8 Å². The van der Waals surface area contributed by atoms with Crippen LogP contribution < -0.4 is 5.32 Å². The molecule has 7 heteroatoms. The van der Waals surface area contributed by atoms with Crippen LogP contribution >= 0.6 is 11.6 Å². The van der Waals surface area contributed by atoms with Gasteiger partial charge in [0.1, 0.15) is 0 Å². The van der Waals surface area contributed by atoms with Gasteiger partial charge in [0, 0.05) is 50.9 Å². The van der Waals surface area contributed by atoms with Gasteiger partial charge in [0.2, 0.25) is 0 Å². The van der Waals surface area contributed by atoms with E-state index in [1.165, 1.54) is 6.07 Å². The highest BCUT2D eigenvalue weighted by atomic mass is 35.5. The number of aryl methyl sites for hydroxylation is 1. The summed E-state index contributed by atoms with van der Waals surface area (Å²) in [6, 6.07) is 3.35. The Balaban J connectivity index is 1.94. The second-order valence-corrected chi connectivity index (χ2v) is 6.48. The molecule has 1 aromatic carbocycles. The fourth-order valence-corrected chi connectivity index (χ4v) is 3.28. The molecule has 0 saturated carbocycles. The molecule has 0 amide bonds. The minimum Gasteiger partial charge on any atom is -0.382 e. The maximum absolute atomic E-state index is 10.9. The van der Waals surface area contributed by atoms with Crippen molar-refractivity contribution in [3.63, 3.8) is 0 Å². The molecule has 0 radical (unpaired) electrons. The van der Waals surface area contributed by atoms with Crippen molar-refractivity contribution < 1.29 is 4.92 Å². The van der Waals surface area contributed by atoms with E-state index in [4.69, 9.17) is 11.6 Å². The Bertz CT molecular complexity index is 536. The minimum absolute atomic E-state index is 0.0294. The standard InChI is InChI=1S/C16H25ClN4O2/c1-4-19-5-7-20(8-6-19)13(3)11-18-16-12(2)9-14(21(22)23)10-15(16)17/h9-10,13,18H,4-8,11H2,1-3H3. The van der Waals surface area contributed by atoms with E-state index in [1.807, 2.05) is 6.92 Å². The third-order valence-electron chi connectivity index (χ3n) is 4.53. The highest BCUT2D eigenvalue weighted by molar-refractivity contribution is 6.33. The summed E-state index contributed by atoms with van der Waals surface area (Å²) in [6.45, 7) is 12.5. The minimum atomic E-state index is -0.418. The third-order valence-corrected chi connectivity index (χ3v) is 4.83. The number of halogens is 1. The zero-order valence-corrected chi connectivity index (χ0v) is 14.8. The number of rotatable bonds is 6. The number of nitrogens with zero attached hydrogens (tertiary/aromatic N) is 3. The van der Waals surface area contributed by atoms with Crippen LogP contribution in [0.3, 0.4) is 0 Å². The average Bonchev–Trinajstić information content (AvgIpc) is 2.53. The normalized spacial score (nSPS) is 17.9. The maximum Gasteiger partial charge on any atom is 0.271 e. The van der Waals surface area contributed by atoms with Gasteiger partial charge in [-0.1, -0.05) is 18.5 Å². The van der Waals surface area contributed by atoms with Crippen LogP contribution in [-0.2, 0) is 0 Å². The van der Waals surface area contributed by atoms with Gasteiger partial charge in [-0.3, -0.25) is 15.0 Å². The van der Waals surface area contributed by atoms with E-state index in [0.29, 0.717) is 11.1 Å². The zero-order chi connectivity index (χ0) is 17.0. The summed E-state index contributed by atoms with van der Waals surface area (Å²) < 4.78 is 0. The summed E-state index contributed by atoms with van der Waals surface area (Å²) in [5.74, 6) is 0. The summed E-state index contributed by atoms with van der Waals surface area (Å²) in [6.07, 6.45) is 0. The fourth-order valence-electron chi connectivity index (χ4n) is 2.95. The van der Waals surface area contributed by atoms with E-state index in [9.17, 15) is 10.1 Å². The first-order chi connectivity index (χ1) is 10.9. The Morgan fingerprint density at radius 1 is 1.35 bits per heavy atom. The SMILES string of the molecule is CCN1CCN(C(C)CNc2c(C)cc([N+](=O)[O-])cc2Cl)CC1. The second kappa shape index (κ2) is 7.95. The molecule has 1 unspecified atom stereocenters. The van der Waals surface area contributed by atoms with E-state index >= 15 is 0 Å². The maximum atomic E-state index is 10.9. The molecule has 128 valence electrons. The predicted molar refractivity (Wildman–Crippen MR) is 94.5 cm³/mol. The number of anilines is 1. The molecule has 1 aromatic rings. The van der Waals surface area contributed by atoms with E-state index in [-0.39, 0.29) is 5.69 Å². The first-order valence-electron chi connectivity index (χ1n) is 8.07. The van der Waals surface area contributed by atoms with Crippen molar-refractivity contribution in [1.82, 2.24) is 9.80 Å². The van der Waals surface area contributed by atoms with E-state index in [0.717, 1.165) is 50.5 Å². The predicted octanol–water partition coefficient (Wildman–Crippen LogP) is 2.99. The first-order valence-corrected chi connectivity index (χ1v) is 8.45. The largest absolute Gasteiger partial charge is 0.382 e. The number of non-ortho nitro benzene ring substituents is 1. The number of nitro benzene ring substituents is 1. The van der Waals surface area contributed by atoms with E-state index in [1.54, 1.807) is 6.07 Å². The summed E-state index contributed by atoms with van der Waals surface area (Å²) in [4.78, 5) is 15.4. The van der Waals surface area contributed by atoms with Gasteiger partial charge in [-0.25, -0.2) is 0 Å². The van der Waals surface area contributed by atoms with Gasteiger partial charge in [0.15, 0.2) is 0 Å². The molecular weight excluding hydrogens is 316 g/mol. The van der Waals surface area contributed by atoms with Gasteiger partial charge >= 0.3 is 0 Å². The molecule has 1 aliphatic heterocycles. The van der Waals surface area contributed by atoms with Crippen LogP contribution in [0.25, 0.3) is 0 Å². The Morgan fingerprint density at radius 3 is 2.52 bits per heavy atom. The van der Waals surface area contributed by atoms with Gasteiger partial charge in [-0.2, -0.15) is 0 Å². The lowest BCUT2D eigenvalue weighted by atomic mass is 10.1. The molecule has 1 aliphatic rings. The van der Waals surface area contributed by atoms with Gasteiger partial charge in [-0.15, -0.1) is 0 Å². The van der Waals surface area contributed by atoms with Crippen molar-refractivity contribution in [2.75, 3.05) is 44.6 Å².